The number of rotatable bonds is 1. The van der Waals surface area contributed by atoms with Crippen molar-refractivity contribution in [3.8, 4) is 0 Å². The lowest BCUT2D eigenvalue weighted by atomic mass is 10.3. The Morgan fingerprint density at radius 2 is 2.00 bits per heavy atom. The molecule has 0 fully saturated rings. The molecule has 0 aliphatic rings. The van der Waals surface area contributed by atoms with Crippen LogP contribution in [0.4, 0.5) is 8.78 Å². The van der Waals surface area contributed by atoms with Gasteiger partial charge in [0.1, 0.15) is 11.6 Å². The summed E-state index contributed by atoms with van der Waals surface area (Å²) in [5, 5.41) is 0. The van der Waals surface area contributed by atoms with Crippen LogP contribution in [0.2, 0.25) is 0 Å². The van der Waals surface area contributed by atoms with Gasteiger partial charge in [0.15, 0.2) is 0 Å². The molecule has 1 aromatic rings. The zero-order chi connectivity index (χ0) is 10.1. The van der Waals surface area contributed by atoms with Crippen LogP contribution in [0, 0.1) is 11.6 Å². The SMILES string of the molecule is CN=[S@@](C)(=O)c1cc(F)ccc1F. The van der Waals surface area contributed by atoms with E-state index in [1.54, 1.807) is 0 Å². The van der Waals surface area contributed by atoms with Gasteiger partial charge in [-0.25, -0.2) is 17.4 Å². The predicted molar refractivity (Wildman–Crippen MR) is 47.0 cm³/mol. The van der Waals surface area contributed by atoms with E-state index in [-0.39, 0.29) is 4.90 Å². The van der Waals surface area contributed by atoms with Crippen LogP contribution in [0.5, 0.6) is 0 Å². The van der Waals surface area contributed by atoms with Crippen molar-refractivity contribution in [2.24, 2.45) is 4.36 Å². The fourth-order valence-electron chi connectivity index (χ4n) is 0.866. The van der Waals surface area contributed by atoms with E-state index in [0.717, 1.165) is 18.2 Å². The second-order valence-corrected chi connectivity index (χ2v) is 4.97. The highest BCUT2D eigenvalue weighted by Crippen LogP contribution is 2.16. The fraction of sp³-hybridized carbons (Fsp3) is 0.250. The molecule has 0 aliphatic heterocycles. The minimum absolute atomic E-state index is 0.185. The fourth-order valence-corrected chi connectivity index (χ4v) is 1.82. The quantitative estimate of drug-likeness (QED) is 0.690. The smallest absolute Gasteiger partial charge is 0.140 e. The molecule has 0 radical (unpaired) electrons. The summed E-state index contributed by atoms with van der Waals surface area (Å²) in [5.74, 6) is -1.31. The van der Waals surface area contributed by atoms with Crippen molar-refractivity contribution < 1.29 is 13.0 Å². The Kier molecular flexibility index (Phi) is 2.66. The molecular weight excluding hydrogens is 196 g/mol. The maximum Gasteiger partial charge on any atom is 0.140 e. The molecule has 1 aromatic carbocycles. The van der Waals surface area contributed by atoms with Gasteiger partial charge < -0.3 is 0 Å². The summed E-state index contributed by atoms with van der Waals surface area (Å²) < 4.78 is 40.8. The van der Waals surface area contributed by atoms with Gasteiger partial charge in [-0.3, -0.25) is 0 Å². The molecule has 0 saturated heterocycles. The molecular formula is C8H9F2NOS. The molecule has 0 aliphatic carbocycles. The highest BCUT2D eigenvalue weighted by atomic mass is 32.2. The average molecular weight is 205 g/mol. The molecule has 5 heteroatoms. The third-order valence-electron chi connectivity index (χ3n) is 1.65. The zero-order valence-electron chi connectivity index (χ0n) is 7.25. The van der Waals surface area contributed by atoms with Gasteiger partial charge in [-0.2, -0.15) is 0 Å². The van der Waals surface area contributed by atoms with Crippen LogP contribution in [0.25, 0.3) is 0 Å². The van der Waals surface area contributed by atoms with E-state index in [9.17, 15) is 13.0 Å². The molecule has 0 unspecified atom stereocenters. The Labute approximate surface area is 75.8 Å². The van der Waals surface area contributed by atoms with Crippen LogP contribution in [0.1, 0.15) is 0 Å². The molecule has 1 rings (SSSR count). The summed E-state index contributed by atoms with van der Waals surface area (Å²) in [6.45, 7) is 0. The van der Waals surface area contributed by atoms with Crippen molar-refractivity contribution in [1.82, 2.24) is 0 Å². The minimum Gasteiger partial charge on any atom is -0.245 e. The largest absolute Gasteiger partial charge is 0.245 e. The maximum absolute atomic E-state index is 13.0. The highest BCUT2D eigenvalue weighted by Gasteiger charge is 2.11. The zero-order valence-corrected chi connectivity index (χ0v) is 8.07. The van der Waals surface area contributed by atoms with Crippen molar-refractivity contribution in [2.75, 3.05) is 13.3 Å². The topological polar surface area (TPSA) is 29.4 Å². The van der Waals surface area contributed by atoms with Crippen LogP contribution in [-0.4, -0.2) is 17.5 Å². The summed E-state index contributed by atoms with van der Waals surface area (Å²) in [5.41, 5.74) is 0. The number of hydrogen-bond acceptors (Lipinski definition) is 2. The van der Waals surface area contributed by atoms with E-state index in [2.05, 4.69) is 4.36 Å². The van der Waals surface area contributed by atoms with Gasteiger partial charge in [-0.05, 0) is 18.2 Å². The first kappa shape index (κ1) is 10.1. The Bertz CT molecular complexity index is 436. The number of hydrogen-bond donors (Lipinski definition) is 0. The van der Waals surface area contributed by atoms with E-state index < -0.39 is 21.4 Å². The summed E-state index contributed by atoms with van der Waals surface area (Å²) >= 11 is 0. The first-order valence-corrected chi connectivity index (χ1v) is 5.45. The van der Waals surface area contributed by atoms with E-state index >= 15 is 0 Å². The van der Waals surface area contributed by atoms with Crippen molar-refractivity contribution in [2.45, 2.75) is 4.90 Å². The van der Waals surface area contributed by atoms with Gasteiger partial charge in [0, 0.05) is 13.3 Å². The molecule has 0 aromatic heterocycles. The highest BCUT2D eigenvalue weighted by molar-refractivity contribution is 7.93. The van der Waals surface area contributed by atoms with Gasteiger partial charge >= 0.3 is 0 Å². The minimum atomic E-state index is -2.79. The van der Waals surface area contributed by atoms with Gasteiger partial charge in [-0.15, -0.1) is 0 Å². The average Bonchev–Trinajstić information content (AvgIpc) is 2.09. The monoisotopic (exact) mass is 205 g/mol. The second-order valence-electron chi connectivity index (χ2n) is 2.56. The van der Waals surface area contributed by atoms with E-state index in [4.69, 9.17) is 0 Å². The first-order chi connectivity index (χ1) is 5.97. The Morgan fingerprint density at radius 3 is 2.54 bits per heavy atom. The second kappa shape index (κ2) is 3.41. The van der Waals surface area contributed by atoms with Crippen molar-refractivity contribution in [1.29, 1.82) is 0 Å². The lowest BCUT2D eigenvalue weighted by molar-refractivity contribution is 0.571. The van der Waals surface area contributed by atoms with E-state index in [0.29, 0.717) is 0 Å². The number of nitrogens with zero attached hydrogens (tertiary/aromatic N) is 1. The number of halogens is 2. The van der Waals surface area contributed by atoms with Gasteiger partial charge in [0.25, 0.3) is 0 Å². The standard InChI is InChI=1S/C8H9F2NOS/c1-11-13(2,12)8-5-6(9)3-4-7(8)10/h3-5H,1-2H3/t13-/m0/s1. The molecule has 1 atom stereocenters. The molecule has 0 spiro atoms. The molecule has 2 nitrogen and oxygen atoms in total. The summed E-state index contributed by atoms with van der Waals surface area (Å²) in [4.78, 5) is -0.185. The maximum atomic E-state index is 13.0. The van der Waals surface area contributed by atoms with Gasteiger partial charge in [0.05, 0.1) is 14.6 Å². The summed E-state index contributed by atoms with van der Waals surface area (Å²) in [6.07, 6.45) is 1.27. The van der Waals surface area contributed by atoms with Crippen LogP contribution >= 0.6 is 0 Å². The lowest BCUT2D eigenvalue weighted by Crippen LogP contribution is -2.01. The van der Waals surface area contributed by atoms with Crippen LogP contribution in [0.3, 0.4) is 0 Å². The third-order valence-corrected chi connectivity index (χ3v) is 3.48. The molecule has 0 amide bonds. The molecule has 0 bridgehead atoms. The van der Waals surface area contributed by atoms with Gasteiger partial charge in [-0.1, -0.05) is 0 Å². The predicted octanol–water partition coefficient (Wildman–Crippen LogP) is 2.05. The normalized spacial score (nSPS) is 15.1. The van der Waals surface area contributed by atoms with E-state index in [1.165, 1.54) is 13.3 Å². The lowest BCUT2D eigenvalue weighted by Gasteiger charge is -2.03. The molecule has 0 N–H and O–H groups in total. The molecule has 0 saturated carbocycles. The first-order valence-electron chi connectivity index (χ1n) is 3.52. The Hall–Kier alpha value is -0.970. The summed E-state index contributed by atoms with van der Waals surface area (Å²) in [7, 11) is -1.48. The van der Waals surface area contributed by atoms with Crippen molar-refractivity contribution in [3.05, 3.63) is 29.8 Å². The van der Waals surface area contributed by atoms with Crippen LogP contribution in [0.15, 0.2) is 27.5 Å². The van der Waals surface area contributed by atoms with Crippen LogP contribution in [-0.2, 0) is 9.73 Å². The van der Waals surface area contributed by atoms with Crippen LogP contribution < -0.4 is 0 Å². The van der Waals surface area contributed by atoms with Gasteiger partial charge in [0.2, 0.25) is 0 Å². The number of benzene rings is 1. The molecule has 13 heavy (non-hydrogen) atoms. The Morgan fingerprint density at radius 1 is 1.38 bits per heavy atom. The molecule has 72 valence electrons. The Balaban J connectivity index is 3.47. The summed E-state index contributed by atoms with van der Waals surface area (Å²) in [6, 6.07) is 2.83. The third kappa shape index (κ3) is 2.03. The van der Waals surface area contributed by atoms with Crippen molar-refractivity contribution >= 4 is 9.73 Å². The van der Waals surface area contributed by atoms with Crippen molar-refractivity contribution in [3.63, 3.8) is 0 Å². The molecule has 0 heterocycles. The van der Waals surface area contributed by atoms with E-state index in [1.807, 2.05) is 0 Å².